The molecule has 3 atom stereocenters. The first-order valence-electron chi connectivity index (χ1n) is 11.7. The Hall–Kier alpha value is -3.85. The number of ether oxygens (including phenoxy) is 2. The van der Waals surface area contributed by atoms with Gasteiger partial charge in [-0.1, -0.05) is 42.5 Å². The van der Waals surface area contributed by atoms with E-state index in [4.69, 9.17) is 21.7 Å². The quantitative estimate of drug-likeness (QED) is 0.450. The molecule has 3 aromatic rings. The number of fused-ring (bicyclic) bond motifs is 7. The molecule has 7 rings (SSSR count). The summed E-state index contributed by atoms with van der Waals surface area (Å²) < 4.78 is 10.8. The molecule has 8 nitrogen and oxygen atoms in total. The fourth-order valence-corrected chi connectivity index (χ4v) is 6.13. The van der Waals surface area contributed by atoms with Gasteiger partial charge in [0.25, 0.3) is 5.91 Å². The van der Waals surface area contributed by atoms with E-state index in [0.717, 1.165) is 34.3 Å². The molecule has 0 aromatic heterocycles. The van der Waals surface area contributed by atoms with Crippen molar-refractivity contribution in [3.63, 3.8) is 0 Å². The van der Waals surface area contributed by atoms with Crippen molar-refractivity contribution in [2.24, 2.45) is 0 Å². The third-order valence-corrected chi connectivity index (χ3v) is 7.79. The molecule has 3 amide bonds. The lowest BCUT2D eigenvalue weighted by atomic mass is 10.1. The number of amides is 3. The number of hydrogen-bond donors (Lipinski definition) is 1. The topological polar surface area (TPSA) is 74.4 Å². The Morgan fingerprint density at radius 1 is 1.03 bits per heavy atom. The van der Waals surface area contributed by atoms with Crippen molar-refractivity contribution in [1.82, 2.24) is 15.1 Å². The molecule has 35 heavy (non-hydrogen) atoms. The van der Waals surface area contributed by atoms with Crippen LogP contribution in [0, 0.1) is 0 Å². The van der Waals surface area contributed by atoms with Crippen molar-refractivity contribution >= 4 is 45.7 Å². The number of likely N-dealkylation sites (tertiary alicyclic amines) is 1. The van der Waals surface area contributed by atoms with E-state index < -0.39 is 6.04 Å². The van der Waals surface area contributed by atoms with Crippen molar-refractivity contribution in [3.05, 3.63) is 66.2 Å². The second kappa shape index (κ2) is 7.58. The fraction of sp³-hybridized carbons (Fsp3) is 0.269. The first-order chi connectivity index (χ1) is 17.1. The van der Waals surface area contributed by atoms with Crippen LogP contribution in [0.5, 0.6) is 11.5 Å². The molecule has 1 unspecified atom stereocenters. The summed E-state index contributed by atoms with van der Waals surface area (Å²) in [5, 5.41) is 5.81. The number of anilines is 1. The molecule has 9 heteroatoms. The molecule has 0 spiro atoms. The van der Waals surface area contributed by atoms with Crippen LogP contribution in [-0.2, 0) is 11.3 Å². The van der Waals surface area contributed by atoms with Gasteiger partial charge in [-0.05, 0) is 47.8 Å². The largest absolute Gasteiger partial charge is 0.454 e. The zero-order valence-corrected chi connectivity index (χ0v) is 19.5. The maximum atomic E-state index is 13.6. The van der Waals surface area contributed by atoms with Gasteiger partial charge in [-0.25, -0.2) is 9.69 Å². The van der Waals surface area contributed by atoms with Gasteiger partial charge in [-0.3, -0.25) is 4.79 Å². The minimum atomic E-state index is -0.523. The number of carbonyl (C=O) groups is 2. The fourth-order valence-electron chi connectivity index (χ4n) is 5.85. The van der Waals surface area contributed by atoms with Gasteiger partial charge in [0, 0.05) is 18.5 Å². The number of benzene rings is 3. The summed E-state index contributed by atoms with van der Waals surface area (Å²) in [7, 11) is 0. The molecule has 3 saturated heterocycles. The SMILES string of the molecule is O=C1[C@H]2C3C[C@H](CN3C(=S)NCc3ccc4c(c3)OCO4)N2C(=O)N1c1cccc2ccccc12. The number of piperazine rings is 1. The Morgan fingerprint density at radius 2 is 1.86 bits per heavy atom. The van der Waals surface area contributed by atoms with E-state index in [1.807, 2.05) is 60.7 Å². The molecular weight excluding hydrogens is 464 g/mol. The average Bonchev–Trinajstić information content (AvgIpc) is 3.65. The second-order valence-electron chi connectivity index (χ2n) is 9.26. The number of imide groups is 1. The van der Waals surface area contributed by atoms with Crippen LogP contribution in [0.4, 0.5) is 10.5 Å². The van der Waals surface area contributed by atoms with Gasteiger partial charge in [-0.15, -0.1) is 0 Å². The van der Waals surface area contributed by atoms with Gasteiger partial charge < -0.3 is 24.6 Å². The van der Waals surface area contributed by atoms with Crippen molar-refractivity contribution in [3.8, 4) is 11.5 Å². The zero-order valence-electron chi connectivity index (χ0n) is 18.7. The summed E-state index contributed by atoms with van der Waals surface area (Å²) in [6.45, 7) is 1.39. The molecule has 0 radical (unpaired) electrons. The Kier molecular flexibility index (Phi) is 4.44. The van der Waals surface area contributed by atoms with E-state index in [2.05, 4.69) is 10.2 Å². The summed E-state index contributed by atoms with van der Waals surface area (Å²) >= 11 is 5.72. The lowest BCUT2D eigenvalue weighted by Gasteiger charge is -2.36. The molecule has 4 heterocycles. The third-order valence-electron chi connectivity index (χ3n) is 7.41. The Balaban J connectivity index is 1.11. The Bertz CT molecular complexity index is 1410. The van der Waals surface area contributed by atoms with Gasteiger partial charge in [-0.2, -0.15) is 0 Å². The van der Waals surface area contributed by atoms with E-state index in [-0.39, 0.29) is 30.8 Å². The van der Waals surface area contributed by atoms with Gasteiger partial charge in [0.15, 0.2) is 16.6 Å². The van der Waals surface area contributed by atoms with E-state index in [9.17, 15) is 9.59 Å². The standard InChI is InChI=1S/C26H22N4O4S/c31-24-23-20-11-17(13-28(20)25(35)27-12-15-8-9-21-22(10-15)34-14-33-21)29(23)26(32)30(24)19-7-3-5-16-4-1-2-6-18(16)19/h1-10,17,20,23H,11-14H2,(H,27,35)/t17-,20?,23-/m1/s1. The number of nitrogens with one attached hydrogen (secondary N) is 1. The first kappa shape index (κ1) is 20.5. The lowest BCUT2D eigenvalue weighted by Crippen LogP contribution is -2.56. The lowest BCUT2D eigenvalue weighted by molar-refractivity contribution is -0.120. The number of thiocarbonyl (C=S) groups is 1. The summed E-state index contributed by atoms with van der Waals surface area (Å²) in [5.41, 5.74) is 1.67. The van der Waals surface area contributed by atoms with Crippen molar-refractivity contribution in [2.45, 2.75) is 31.1 Å². The summed E-state index contributed by atoms with van der Waals surface area (Å²) in [6.07, 6.45) is 0.747. The van der Waals surface area contributed by atoms with Crippen LogP contribution in [0.1, 0.15) is 12.0 Å². The summed E-state index contributed by atoms with van der Waals surface area (Å²) in [6, 6.07) is 18.4. The smallest absolute Gasteiger partial charge is 0.332 e. The van der Waals surface area contributed by atoms with Gasteiger partial charge in [0.1, 0.15) is 6.04 Å². The maximum Gasteiger partial charge on any atom is 0.332 e. The van der Waals surface area contributed by atoms with Crippen LogP contribution in [0.15, 0.2) is 60.7 Å². The van der Waals surface area contributed by atoms with Gasteiger partial charge in [0.05, 0.1) is 17.8 Å². The zero-order chi connectivity index (χ0) is 23.7. The van der Waals surface area contributed by atoms with Crippen LogP contribution in [0.2, 0.25) is 0 Å². The van der Waals surface area contributed by atoms with Crippen LogP contribution < -0.4 is 19.7 Å². The maximum absolute atomic E-state index is 13.6. The number of rotatable bonds is 3. The highest BCUT2D eigenvalue weighted by atomic mass is 32.1. The minimum Gasteiger partial charge on any atom is -0.454 e. The molecule has 0 aliphatic carbocycles. The number of hydrogen-bond acceptors (Lipinski definition) is 5. The number of nitrogens with zero attached hydrogens (tertiary/aromatic N) is 3. The highest BCUT2D eigenvalue weighted by molar-refractivity contribution is 7.80. The summed E-state index contributed by atoms with van der Waals surface area (Å²) in [5.74, 6) is 1.30. The molecule has 4 aliphatic heterocycles. The molecular formula is C26H22N4O4S. The van der Waals surface area contributed by atoms with Crippen LogP contribution in [0.3, 0.4) is 0 Å². The van der Waals surface area contributed by atoms with Crippen LogP contribution >= 0.6 is 12.2 Å². The minimum absolute atomic E-state index is 0.0354. The van der Waals surface area contributed by atoms with E-state index in [0.29, 0.717) is 23.9 Å². The molecule has 2 bridgehead atoms. The van der Waals surface area contributed by atoms with Crippen molar-refractivity contribution < 1.29 is 19.1 Å². The van der Waals surface area contributed by atoms with Crippen LogP contribution in [-0.4, -0.2) is 58.3 Å². The Labute approximate surface area is 207 Å². The van der Waals surface area contributed by atoms with E-state index in [1.54, 1.807) is 4.90 Å². The first-order valence-corrected chi connectivity index (χ1v) is 12.1. The van der Waals surface area contributed by atoms with Crippen molar-refractivity contribution in [1.29, 1.82) is 0 Å². The monoisotopic (exact) mass is 486 g/mol. The predicted molar refractivity (Wildman–Crippen MR) is 133 cm³/mol. The Morgan fingerprint density at radius 3 is 2.77 bits per heavy atom. The van der Waals surface area contributed by atoms with Gasteiger partial charge >= 0.3 is 6.03 Å². The third kappa shape index (κ3) is 3.01. The summed E-state index contributed by atoms with van der Waals surface area (Å²) in [4.78, 5) is 32.3. The van der Waals surface area contributed by atoms with Gasteiger partial charge in [0.2, 0.25) is 6.79 Å². The molecule has 3 fully saturated rings. The molecule has 1 N–H and O–H groups in total. The van der Waals surface area contributed by atoms with E-state index >= 15 is 0 Å². The number of carbonyl (C=O) groups excluding carboxylic acids is 2. The second-order valence-corrected chi connectivity index (χ2v) is 9.65. The highest BCUT2D eigenvalue weighted by Crippen LogP contribution is 2.43. The highest BCUT2D eigenvalue weighted by Gasteiger charge is 2.62. The number of urea groups is 1. The predicted octanol–water partition coefficient (Wildman–Crippen LogP) is 3.24. The molecule has 3 aromatic carbocycles. The average molecular weight is 487 g/mol. The van der Waals surface area contributed by atoms with Crippen LogP contribution in [0.25, 0.3) is 10.8 Å². The van der Waals surface area contributed by atoms with E-state index in [1.165, 1.54) is 4.90 Å². The molecule has 0 saturated carbocycles. The van der Waals surface area contributed by atoms with Crippen molar-refractivity contribution in [2.75, 3.05) is 18.2 Å². The molecule has 4 aliphatic rings. The molecule has 176 valence electrons. The normalized spacial score (nSPS) is 24.0.